The van der Waals surface area contributed by atoms with Gasteiger partial charge in [-0.1, -0.05) is 11.8 Å². The summed E-state index contributed by atoms with van der Waals surface area (Å²) < 4.78 is 1.89. The maximum absolute atomic E-state index is 13.0. The lowest BCUT2D eigenvalue weighted by Gasteiger charge is -2.38. The van der Waals surface area contributed by atoms with Gasteiger partial charge in [-0.3, -0.25) is 34.1 Å². The molecular formula is C25H25N5O4. The van der Waals surface area contributed by atoms with E-state index >= 15 is 0 Å². The summed E-state index contributed by atoms with van der Waals surface area (Å²) in [6.45, 7) is 7.69. The molecule has 1 atom stereocenters. The topological polar surface area (TPSA) is 105 Å². The van der Waals surface area contributed by atoms with E-state index in [2.05, 4.69) is 47.9 Å². The van der Waals surface area contributed by atoms with Gasteiger partial charge in [-0.25, -0.2) is 0 Å². The van der Waals surface area contributed by atoms with E-state index in [1.807, 2.05) is 16.9 Å². The van der Waals surface area contributed by atoms with Crippen molar-refractivity contribution in [2.75, 3.05) is 18.0 Å². The van der Waals surface area contributed by atoms with Crippen LogP contribution in [0.3, 0.4) is 0 Å². The molecule has 1 aromatic heterocycles. The minimum Gasteiger partial charge on any atom is -0.369 e. The zero-order valence-corrected chi connectivity index (χ0v) is 19.3. The Morgan fingerprint density at radius 1 is 1.06 bits per heavy atom. The van der Waals surface area contributed by atoms with Gasteiger partial charge >= 0.3 is 0 Å². The van der Waals surface area contributed by atoms with E-state index in [-0.39, 0.29) is 35.4 Å². The Bertz CT molecular complexity index is 1290. The second kappa shape index (κ2) is 7.83. The van der Waals surface area contributed by atoms with Crippen LogP contribution in [0.2, 0.25) is 0 Å². The number of aromatic nitrogens is 2. The molecule has 174 valence electrons. The molecule has 4 heterocycles. The van der Waals surface area contributed by atoms with Crippen LogP contribution >= 0.6 is 0 Å². The first-order valence-corrected chi connectivity index (χ1v) is 11.3. The minimum absolute atomic E-state index is 0.0899. The molecule has 1 aromatic carbocycles. The zero-order valence-electron chi connectivity index (χ0n) is 19.3. The van der Waals surface area contributed by atoms with Crippen molar-refractivity contribution in [1.82, 2.24) is 20.0 Å². The number of amides is 4. The molecule has 0 bridgehead atoms. The third kappa shape index (κ3) is 3.75. The molecule has 2 saturated heterocycles. The van der Waals surface area contributed by atoms with E-state index in [9.17, 15) is 19.2 Å². The van der Waals surface area contributed by atoms with Crippen LogP contribution in [-0.2, 0) is 15.1 Å². The number of fused-ring (bicyclic) bond motifs is 1. The van der Waals surface area contributed by atoms with E-state index in [1.165, 1.54) is 0 Å². The van der Waals surface area contributed by atoms with Gasteiger partial charge in [0.15, 0.2) is 0 Å². The maximum atomic E-state index is 13.0. The summed E-state index contributed by atoms with van der Waals surface area (Å²) in [5.74, 6) is 4.68. The van der Waals surface area contributed by atoms with Crippen LogP contribution < -0.4 is 10.2 Å². The van der Waals surface area contributed by atoms with Crippen molar-refractivity contribution in [3.8, 4) is 11.8 Å². The SMILES string of the molecule is CC(C)(C)n1cc(C#CC2CN(c3ccc4c(c3)C(=O)N(C3CCC(=O)NC3=O)C4=O)C2)cn1. The number of hydrogen-bond donors (Lipinski definition) is 1. The molecule has 1 N–H and O–H groups in total. The molecule has 0 radical (unpaired) electrons. The Kier molecular flexibility index (Phi) is 5.04. The largest absolute Gasteiger partial charge is 0.369 e. The Hall–Kier alpha value is -3.93. The fourth-order valence-corrected chi connectivity index (χ4v) is 4.38. The number of benzene rings is 1. The molecule has 2 fully saturated rings. The van der Waals surface area contributed by atoms with Crippen molar-refractivity contribution in [2.24, 2.45) is 5.92 Å². The number of carbonyl (C=O) groups excluding carboxylic acids is 4. The lowest BCUT2D eigenvalue weighted by molar-refractivity contribution is -0.136. The van der Waals surface area contributed by atoms with E-state index in [0.717, 1.165) is 29.2 Å². The fourth-order valence-electron chi connectivity index (χ4n) is 4.38. The molecule has 2 aromatic rings. The first-order valence-electron chi connectivity index (χ1n) is 11.3. The van der Waals surface area contributed by atoms with Crippen molar-refractivity contribution in [3.63, 3.8) is 0 Å². The average Bonchev–Trinajstić information content (AvgIpc) is 3.31. The molecule has 9 heteroatoms. The summed E-state index contributed by atoms with van der Waals surface area (Å²) in [6, 6.07) is 4.20. The highest BCUT2D eigenvalue weighted by Crippen LogP contribution is 2.32. The first-order chi connectivity index (χ1) is 16.1. The predicted octanol–water partition coefficient (Wildman–Crippen LogP) is 1.53. The normalized spacial score (nSPS) is 20.6. The molecule has 34 heavy (non-hydrogen) atoms. The van der Waals surface area contributed by atoms with Crippen LogP contribution in [0.4, 0.5) is 5.69 Å². The number of hydrogen-bond acceptors (Lipinski definition) is 6. The number of nitrogens with one attached hydrogen (secondary N) is 1. The predicted molar refractivity (Wildman–Crippen MR) is 123 cm³/mol. The van der Waals surface area contributed by atoms with Gasteiger partial charge in [-0.15, -0.1) is 0 Å². The first kappa shape index (κ1) is 21.9. The third-order valence-corrected chi connectivity index (χ3v) is 6.36. The van der Waals surface area contributed by atoms with Crippen LogP contribution in [0.1, 0.15) is 59.9 Å². The fraction of sp³-hybridized carbons (Fsp3) is 0.400. The molecule has 3 aliphatic rings. The number of nitrogens with zero attached hydrogens (tertiary/aromatic N) is 4. The number of imide groups is 2. The van der Waals surface area contributed by atoms with E-state index in [0.29, 0.717) is 0 Å². The number of rotatable bonds is 2. The number of anilines is 1. The Morgan fingerprint density at radius 3 is 2.47 bits per heavy atom. The summed E-state index contributed by atoms with van der Waals surface area (Å²) >= 11 is 0. The maximum Gasteiger partial charge on any atom is 0.262 e. The highest BCUT2D eigenvalue weighted by Gasteiger charge is 2.45. The van der Waals surface area contributed by atoms with Gasteiger partial charge in [0.05, 0.1) is 34.3 Å². The van der Waals surface area contributed by atoms with E-state index < -0.39 is 29.7 Å². The molecule has 1 unspecified atom stereocenters. The Labute approximate surface area is 197 Å². The standard InChI is InChI=1S/C25H25N5O4/c1-25(2,3)29-14-15(11-26-29)4-5-16-12-28(13-16)17-6-7-18-19(10-17)24(34)30(23(18)33)20-8-9-21(31)27-22(20)32/h6-7,10-11,14,16,20H,8-9,12-13H2,1-3H3,(H,27,31,32). The smallest absolute Gasteiger partial charge is 0.262 e. The summed E-state index contributed by atoms with van der Waals surface area (Å²) in [5, 5.41) is 6.57. The monoisotopic (exact) mass is 459 g/mol. The summed E-state index contributed by atoms with van der Waals surface area (Å²) in [5.41, 5.74) is 2.20. The molecule has 9 nitrogen and oxygen atoms in total. The van der Waals surface area contributed by atoms with Gasteiger partial charge in [0.25, 0.3) is 11.8 Å². The van der Waals surface area contributed by atoms with Crippen LogP contribution in [-0.4, -0.2) is 57.4 Å². The van der Waals surface area contributed by atoms with E-state index in [4.69, 9.17) is 0 Å². The zero-order chi connectivity index (χ0) is 24.2. The van der Waals surface area contributed by atoms with Crippen LogP contribution in [0.5, 0.6) is 0 Å². The lowest BCUT2D eigenvalue weighted by Crippen LogP contribution is -2.54. The second-order valence-corrected chi connectivity index (χ2v) is 9.89. The molecule has 0 spiro atoms. The summed E-state index contributed by atoms with van der Waals surface area (Å²) in [4.78, 5) is 52.6. The Balaban J connectivity index is 1.26. The highest BCUT2D eigenvalue weighted by atomic mass is 16.2. The van der Waals surface area contributed by atoms with Gasteiger partial charge in [0.1, 0.15) is 6.04 Å². The summed E-state index contributed by atoms with van der Waals surface area (Å²) in [7, 11) is 0. The third-order valence-electron chi connectivity index (χ3n) is 6.36. The average molecular weight is 460 g/mol. The van der Waals surface area contributed by atoms with Crippen molar-refractivity contribution in [3.05, 3.63) is 47.3 Å². The number of piperidine rings is 1. The van der Waals surface area contributed by atoms with Crippen molar-refractivity contribution in [2.45, 2.75) is 45.2 Å². The van der Waals surface area contributed by atoms with Gasteiger partial charge in [-0.2, -0.15) is 5.10 Å². The molecule has 5 rings (SSSR count). The molecule has 0 aliphatic carbocycles. The molecule has 3 aliphatic heterocycles. The van der Waals surface area contributed by atoms with Crippen LogP contribution in [0.25, 0.3) is 0 Å². The van der Waals surface area contributed by atoms with Gasteiger partial charge in [-0.05, 0) is 45.4 Å². The quantitative estimate of drug-likeness (QED) is 0.540. The lowest BCUT2D eigenvalue weighted by atomic mass is 9.98. The van der Waals surface area contributed by atoms with Crippen LogP contribution in [0, 0.1) is 17.8 Å². The van der Waals surface area contributed by atoms with E-state index in [1.54, 1.807) is 18.3 Å². The molecular weight excluding hydrogens is 434 g/mol. The van der Waals surface area contributed by atoms with Crippen molar-refractivity contribution >= 4 is 29.3 Å². The summed E-state index contributed by atoms with van der Waals surface area (Å²) in [6.07, 6.45) is 3.96. The van der Waals surface area contributed by atoms with Gasteiger partial charge in [0.2, 0.25) is 11.8 Å². The van der Waals surface area contributed by atoms with Crippen LogP contribution in [0.15, 0.2) is 30.6 Å². The second-order valence-electron chi connectivity index (χ2n) is 9.89. The molecule has 0 saturated carbocycles. The highest BCUT2D eigenvalue weighted by molar-refractivity contribution is 6.23. The number of carbonyl (C=O) groups is 4. The van der Waals surface area contributed by atoms with Crippen molar-refractivity contribution in [1.29, 1.82) is 0 Å². The van der Waals surface area contributed by atoms with Gasteiger partial charge in [0, 0.05) is 31.4 Å². The van der Waals surface area contributed by atoms with Gasteiger partial charge < -0.3 is 4.90 Å². The minimum atomic E-state index is -0.958. The molecule has 4 amide bonds. The van der Waals surface area contributed by atoms with Crippen molar-refractivity contribution < 1.29 is 19.2 Å². The Morgan fingerprint density at radius 2 is 1.79 bits per heavy atom.